The number of carbonyl (C=O) groups excluding carboxylic acids is 1. The standard InChI is InChI=1S/C18H17Cl3N2O3/c1-25-16-6-4-13(19)9-12(16)11-22-23-18(24)3-2-8-26-17-7-5-14(20)10-15(17)21/h4-7,9-11H,2-3,8H2,1H3,(H,23,24)/b22-11+. The molecule has 2 aromatic rings. The van der Waals surface area contributed by atoms with Crippen LogP contribution in [0.15, 0.2) is 41.5 Å². The number of nitrogens with zero attached hydrogens (tertiary/aromatic N) is 1. The van der Waals surface area contributed by atoms with Crippen molar-refractivity contribution in [1.29, 1.82) is 0 Å². The monoisotopic (exact) mass is 414 g/mol. The third-order valence-corrected chi connectivity index (χ3v) is 4.05. The minimum absolute atomic E-state index is 0.229. The second-order valence-electron chi connectivity index (χ2n) is 5.21. The summed E-state index contributed by atoms with van der Waals surface area (Å²) in [6.45, 7) is 0.348. The minimum atomic E-state index is -0.229. The van der Waals surface area contributed by atoms with Gasteiger partial charge in [0.15, 0.2) is 0 Å². The van der Waals surface area contributed by atoms with Gasteiger partial charge < -0.3 is 9.47 Å². The molecule has 0 bridgehead atoms. The van der Waals surface area contributed by atoms with E-state index < -0.39 is 0 Å². The quantitative estimate of drug-likeness (QED) is 0.376. The highest BCUT2D eigenvalue weighted by atomic mass is 35.5. The molecule has 26 heavy (non-hydrogen) atoms. The maximum atomic E-state index is 11.8. The number of hydrogen-bond donors (Lipinski definition) is 1. The average Bonchev–Trinajstić information content (AvgIpc) is 2.60. The van der Waals surface area contributed by atoms with E-state index in [9.17, 15) is 4.79 Å². The van der Waals surface area contributed by atoms with E-state index in [0.717, 1.165) is 0 Å². The number of hydrazone groups is 1. The van der Waals surface area contributed by atoms with Gasteiger partial charge in [0.1, 0.15) is 11.5 Å². The van der Waals surface area contributed by atoms with E-state index in [1.54, 1.807) is 43.5 Å². The second kappa shape index (κ2) is 10.3. The highest BCUT2D eigenvalue weighted by Gasteiger charge is 2.05. The van der Waals surface area contributed by atoms with Crippen LogP contribution in [0.4, 0.5) is 0 Å². The molecule has 0 unspecified atom stereocenters. The Kier molecular flexibility index (Phi) is 8.04. The minimum Gasteiger partial charge on any atom is -0.496 e. The maximum absolute atomic E-state index is 11.8. The summed E-state index contributed by atoms with van der Waals surface area (Å²) in [4.78, 5) is 11.8. The lowest BCUT2D eigenvalue weighted by Gasteiger charge is -2.07. The van der Waals surface area contributed by atoms with Crippen molar-refractivity contribution in [2.24, 2.45) is 5.10 Å². The summed E-state index contributed by atoms with van der Waals surface area (Å²) in [7, 11) is 1.55. The molecule has 0 saturated heterocycles. The molecular formula is C18H17Cl3N2O3. The third kappa shape index (κ3) is 6.41. The predicted molar refractivity (Wildman–Crippen MR) is 105 cm³/mol. The maximum Gasteiger partial charge on any atom is 0.240 e. The first-order valence-corrected chi connectivity index (χ1v) is 8.86. The van der Waals surface area contributed by atoms with Gasteiger partial charge in [-0.2, -0.15) is 5.10 Å². The molecule has 0 saturated carbocycles. The Morgan fingerprint density at radius 3 is 2.50 bits per heavy atom. The molecule has 0 spiro atoms. The van der Waals surface area contributed by atoms with Gasteiger partial charge in [-0.1, -0.05) is 34.8 Å². The van der Waals surface area contributed by atoms with Crippen LogP contribution in [-0.2, 0) is 4.79 Å². The van der Waals surface area contributed by atoms with Crippen molar-refractivity contribution in [3.8, 4) is 11.5 Å². The van der Waals surface area contributed by atoms with Crippen LogP contribution in [-0.4, -0.2) is 25.8 Å². The molecule has 1 N–H and O–H groups in total. The van der Waals surface area contributed by atoms with Gasteiger partial charge in [0, 0.05) is 22.0 Å². The van der Waals surface area contributed by atoms with Gasteiger partial charge >= 0.3 is 0 Å². The Balaban J connectivity index is 1.74. The zero-order chi connectivity index (χ0) is 18.9. The topological polar surface area (TPSA) is 59.9 Å². The number of benzene rings is 2. The highest BCUT2D eigenvalue weighted by molar-refractivity contribution is 6.35. The first kappa shape index (κ1) is 20.4. The smallest absolute Gasteiger partial charge is 0.240 e. The van der Waals surface area contributed by atoms with Crippen LogP contribution in [0.3, 0.4) is 0 Å². The fourth-order valence-electron chi connectivity index (χ4n) is 2.04. The number of rotatable bonds is 8. The van der Waals surface area contributed by atoms with Gasteiger partial charge in [-0.25, -0.2) is 5.43 Å². The van der Waals surface area contributed by atoms with Gasteiger partial charge in [-0.15, -0.1) is 0 Å². The molecule has 5 nitrogen and oxygen atoms in total. The summed E-state index contributed by atoms with van der Waals surface area (Å²) in [6, 6.07) is 10.1. The van der Waals surface area contributed by atoms with Crippen LogP contribution in [0.25, 0.3) is 0 Å². The number of methoxy groups -OCH3 is 1. The number of hydrogen-bond acceptors (Lipinski definition) is 4. The number of carbonyl (C=O) groups is 1. The number of ether oxygens (including phenoxy) is 2. The van der Waals surface area contributed by atoms with Gasteiger partial charge in [-0.05, 0) is 42.8 Å². The summed E-state index contributed by atoms with van der Waals surface area (Å²) < 4.78 is 10.7. The molecule has 1 amide bonds. The SMILES string of the molecule is COc1ccc(Cl)cc1/C=N/NC(=O)CCCOc1ccc(Cl)cc1Cl. The van der Waals surface area contributed by atoms with Crippen molar-refractivity contribution in [3.63, 3.8) is 0 Å². The highest BCUT2D eigenvalue weighted by Crippen LogP contribution is 2.27. The molecule has 138 valence electrons. The summed E-state index contributed by atoms with van der Waals surface area (Å²) in [5.74, 6) is 0.913. The molecular weight excluding hydrogens is 399 g/mol. The third-order valence-electron chi connectivity index (χ3n) is 3.28. The number of halogens is 3. The van der Waals surface area contributed by atoms with Crippen molar-refractivity contribution in [2.45, 2.75) is 12.8 Å². The van der Waals surface area contributed by atoms with Crippen molar-refractivity contribution in [3.05, 3.63) is 57.0 Å². The van der Waals surface area contributed by atoms with Gasteiger partial charge in [-0.3, -0.25) is 4.79 Å². The van der Waals surface area contributed by atoms with Crippen molar-refractivity contribution < 1.29 is 14.3 Å². The molecule has 0 aromatic heterocycles. The van der Waals surface area contributed by atoms with Crippen LogP contribution in [0, 0.1) is 0 Å². The van der Waals surface area contributed by atoms with Crippen LogP contribution in [0.2, 0.25) is 15.1 Å². The first-order valence-electron chi connectivity index (χ1n) is 7.73. The van der Waals surface area contributed by atoms with Crippen molar-refractivity contribution in [2.75, 3.05) is 13.7 Å². The van der Waals surface area contributed by atoms with E-state index >= 15 is 0 Å². The lowest BCUT2D eigenvalue weighted by Crippen LogP contribution is -2.18. The van der Waals surface area contributed by atoms with Gasteiger partial charge in [0.05, 0.1) is 25.0 Å². The fraction of sp³-hybridized carbons (Fsp3) is 0.222. The van der Waals surface area contributed by atoms with E-state index in [1.165, 1.54) is 6.21 Å². The fourth-order valence-corrected chi connectivity index (χ4v) is 2.69. The molecule has 0 aliphatic heterocycles. The largest absolute Gasteiger partial charge is 0.496 e. The first-order chi connectivity index (χ1) is 12.5. The molecule has 2 rings (SSSR count). The summed E-state index contributed by atoms with van der Waals surface area (Å²) in [5.41, 5.74) is 3.12. The zero-order valence-corrected chi connectivity index (χ0v) is 16.2. The van der Waals surface area contributed by atoms with Crippen molar-refractivity contribution >= 4 is 46.9 Å². The van der Waals surface area contributed by atoms with E-state index in [0.29, 0.717) is 45.2 Å². The molecule has 0 atom stereocenters. The molecule has 0 fully saturated rings. The second-order valence-corrected chi connectivity index (χ2v) is 6.49. The zero-order valence-electron chi connectivity index (χ0n) is 14.0. The Bertz CT molecular complexity index is 797. The lowest BCUT2D eigenvalue weighted by atomic mass is 10.2. The lowest BCUT2D eigenvalue weighted by molar-refractivity contribution is -0.121. The molecule has 0 radical (unpaired) electrons. The molecule has 0 aliphatic carbocycles. The molecule has 0 heterocycles. The average molecular weight is 416 g/mol. The Morgan fingerprint density at radius 2 is 1.81 bits per heavy atom. The Labute approximate surface area is 166 Å². The Hall–Kier alpha value is -1.95. The van der Waals surface area contributed by atoms with Crippen LogP contribution < -0.4 is 14.9 Å². The number of amides is 1. The molecule has 0 aliphatic rings. The van der Waals surface area contributed by atoms with Crippen LogP contribution in [0.5, 0.6) is 11.5 Å². The van der Waals surface area contributed by atoms with E-state index in [4.69, 9.17) is 44.3 Å². The number of nitrogens with one attached hydrogen (secondary N) is 1. The van der Waals surface area contributed by atoms with E-state index in [2.05, 4.69) is 10.5 Å². The summed E-state index contributed by atoms with van der Waals surface area (Å²) in [5, 5.41) is 5.43. The normalized spacial score (nSPS) is 10.8. The molecule has 2 aromatic carbocycles. The van der Waals surface area contributed by atoms with Gasteiger partial charge in [0.25, 0.3) is 0 Å². The summed E-state index contributed by atoms with van der Waals surface area (Å²) in [6.07, 6.45) is 2.25. The molecule has 8 heteroatoms. The predicted octanol–water partition coefficient (Wildman–Crippen LogP) is 4.96. The van der Waals surface area contributed by atoms with Gasteiger partial charge in [0.2, 0.25) is 5.91 Å². The summed E-state index contributed by atoms with van der Waals surface area (Å²) >= 11 is 17.8. The van der Waals surface area contributed by atoms with E-state index in [-0.39, 0.29) is 12.3 Å². The Morgan fingerprint density at radius 1 is 1.12 bits per heavy atom. The van der Waals surface area contributed by atoms with Crippen LogP contribution >= 0.6 is 34.8 Å². The van der Waals surface area contributed by atoms with Crippen LogP contribution in [0.1, 0.15) is 18.4 Å². The van der Waals surface area contributed by atoms with E-state index in [1.807, 2.05) is 0 Å². The van der Waals surface area contributed by atoms with Crippen molar-refractivity contribution in [1.82, 2.24) is 5.43 Å².